The Hall–Kier alpha value is -1.79. The Labute approximate surface area is 310 Å². The standard InChI is InChI=1S/C29H37.C7H7.C5H5.CH3.CH2.2ClH.Zr/c1-18-25-22-17-19-13-9-10-14-20(19)24(22)21-15-11-12-16-23(21)29(25,8)28(6,7)27(4,5)26(18,2)3;1-7-5-3-2-4-6-7;1-2-4-5-3-1;;;;;/h9-11,13-15,23H,12,16-17H2,1-8H3;2-6H,1H2;1-3H,4H2;1H3;1H2;2*1H;/q4*-1;;;;. The molecule has 0 aromatic heterocycles. The van der Waals surface area contributed by atoms with Crippen molar-refractivity contribution in [2.24, 2.45) is 27.6 Å². The molecule has 0 bridgehead atoms. The van der Waals surface area contributed by atoms with Crippen LogP contribution in [0.5, 0.6) is 0 Å². The second-order valence-electron chi connectivity index (χ2n) is 14.2. The Morgan fingerprint density at radius 3 is 2.00 bits per heavy atom. The molecule has 5 aliphatic carbocycles. The van der Waals surface area contributed by atoms with Gasteiger partial charge in [-0.25, -0.2) is 18.1 Å². The van der Waals surface area contributed by atoms with E-state index in [-0.39, 0.29) is 53.9 Å². The topological polar surface area (TPSA) is 0 Å². The number of hydrogen-bond donors (Lipinski definition) is 0. The van der Waals surface area contributed by atoms with Gasteiger partial charge in [0.1, 0.15) is 0 Å². The summed E-state index contributed by atoms with van der Waals surface area (Å²) in [6.45, 7) is 24.0. The number of fused-ring (bicyclic) bond motifs is 6. The summed E-state index contributed by atoms with van der Waals surface area (Å²) in [4.78, 5) is 0. The van der Waals surface area contributed by atoms with Gasteiger partial charge in [0.15, 0.2) is 0 Å². The average Bonchev–Trinajstić information content (AvgIpc) is 3.70. The van der Waals surface area contributed by atoms with Gasteiger partial charge in [-0.05, 0) is 40.6 Å². The van der Waals surface area contributed by atoms with E-state index >= 15 is 0 Å². The van der Waals surface area contributed by atoms with Crippen LogP contribution in [-0.2, 0) is 30.7 Å². The summed E-state index contributed by atoms with van der Waals surface area (Å²) in [6.07, 6.45) is 18.5. The normalized spacial score (nSPS) is 24.2. The minimum Gasteiger partial charge on any atom is -0.358 e. The first-order valence-corrected chi connectivity index (χ1v) is 17.6. The van der Waals surface area contributed by atoms with Crippen LogP contribution in [0.4, 0.5) is 0 Å². The minimum atomic E-state index is 0. The molecule has 0 amide bonds. The van der Waals surface area contributed by atoms with Gasteiger partial charge in [0.25, 0.3) is 0 Å². The molecule has 0 radical (unpaired) electrons. The van der Waals surface area contributed by atoms with E-state index in [0.717, 1.165) is 18.4 Å². The predicted octanol–water partition coefficient (Wildman–Crippen LogP) is 12.4. The maximum atomic E-state index is 3.72. The van der Waals surface area contributed by atoms with Gasteiger partial charge < -0.3 is 7.43 Å². The first kappa shape index (κ1) is 42.2. The molecule has 250 valence electrons. The fourth-order valence-electron chi connectivity index (χ4n) is 8.39. The van der Waals surface area contributed by atoms with Gasteiger partial charge in [-0.3, -0.25) is 6.08 Å². The van der Waals surface area contributed by atoms with Gasteiger partial charge in [0, 0.05) is 0 Å². The molecule has 7 rings (SSSR count). The zero-order valence-electron chi connectivity index (χ0n) is 29.7. The van der Waals surface area contributed by atoms with Gasteiger partial charge >= 0.3 is 28.4 Å². The molecule has 0 N–H and O–H groups in total. The SMILES string of the molecule is C[C-]1C2=C3Cc4ccccc4C3=C3C=CCCC3C2(C)C(C)(C)C(C)(C)C1(C)C.Cl.Cl.[C-]1=CC=CC1.[CH2-]c1ccccc1.[CH2]=[Zr].[CH3-]. The summed E-state index contributed by atoms with van der Waals surface area (Å²) in [5, 5.41) is 0. The molecule has 0 nitrogen and oxygen atoms in total. The monoisotopic (exact) mass is 732 g/mol. The van der Waals surface area contributed by atoms with Gasteiger partial charge in [-0.15, -0.1) is 50.3 Å². The second kappa shape index (κ2) is 16.5. The summed E-state index contributed by atoms with van der Waals surface area (Å²) in [5.74, 6) is 2.24. The predicted molar refractivity (Wildman–Crippen MR) is 205 cm³/mol. The minimum absolute atomic E-state index is 0. The number of benzene rings is 2. The zero-order valence-corrected chi connectivity index (χ0v) is 33.8. The van der Waals surface area contributed by atoms with E-state index in [1.54, 1.807) is 28.2 Å². The summed E-state index contributed by atoms with van der Waals surface area (Å²) in [7, 11) is 0. The molecule has 1 saturated carbocycles. The van der Waals surface area contributed by atoms with Crippen molar-refractivity contribution < 1.29 is 24.2 Å². The fourth-order valence-corrected chi connectivity index (χ4v) is 8.39. The van der Waals surface area contributed by atoms with Gasteiger partial charge in [-0.1, -0.05) is 119 Å². The number of allylic oxidation sites excluding steroid dienone is 10. The van der Waals surface area contributed by atoms with Crippen molar-refractivity contribution in [1.82, 2.24) is 0 Å². The molecule has 2 atom stereocenters. The molecule has 0 saturated heterocycles. The summed E-state index contributed by atoms with van der Waals surface area (Å²) in [5.41, 5.74) is 11.4. The maximum Gasteiger partial charge on any atom is -0.358 e. The van der Waals surface area contributed by atoms with E-state index in [4.69, 9.17) is 0 Å². The average molecular weight is 735 g/mol. The van der Waals surface area contributed by atoms with Crippen LogP contribution in [0.25, 0.3) is 5.57 Å². The molecule has 2 aromatic carbocycles. The second-order valence-corrected chi connectivity index (χ2v) is 14.2. The van der Waals surface area contributed by atoms with Crippen LogP contribution >= 0.6 is 24.8 Å². The molecular weight excluding hydrogens is 679 g/mol. The Kier molecular flexibility index (Phi) is 15.2. The van der Waals surface area contributed by atoms with Crippen molar-refractivity contribution in [1.29, 1.82) is 0 Å². The van der Waals surface area contributed by atoms with Crippen molar-refractivity contribution >= 4 is 34.6 Å². The molecular formula is C43H56Cl2Zr-4. The van der Waals surface area contributed by atoms with E-state index in [1.807, 2.05) is 42.5 Å². The molecule has 2 unspecified atom stereocenters. The van der Waals surface area contributed by atoms with E-state index in [0.29, 0.717) is 5.92 Å². The molecule has 46 heavy (non-hydrogen) atoms. The van der Waals surface area contributed by atoms with Crippen molar-refractivity contribution in [2.75, 3.05) is 0 Å². The number of rotatable bonds is 0. The van der Waals surface area contributed by atoms with Crippen molar-refractivity contribution in [2.45, 2.75) is 81.1 Å². The molecule has 2 aromatic rings. The smallest absolute Gasteiger partial charge is 0.358 e. The van der Waals surface area contributed by atoms with Crippen LogP contribution in [0, 0.1) is 53.9 Å². The molecule has 3 heteroatoms. The van der Waals surface area contributed by atoms with Gasteiger partial charge in [-0.2, -0.15) is 41.8 Å². The largest absolute Gasteiger partial charge is 0.358 e. The van der Waals surface area contributed by atoms with E-state index in [9.17, 15) is 0 Å². The summed E-state index contributed by atoms with van der Waals surface area (Å²) >= 11 is 1.30. The Morgan fingerprint density at radius 2 is 1.48 bits per heavy atom. The van der Waals surface area contributed by atoms with E-state index in [1.165, 1.54) is 48.2 Å². The zero-order chi connectivity index (χ0) is 31.6. The molecule has 5 aliphatic rings. The number of hydrogen-bond acceptors (Lipinski definition) is 0. The maximum absolute atomic E-state index is 3.72. The molecule has 0 aliphatic heterocycles. The third-order valence-electron chi connectivity index (χ3n) is 12.2. The Bertz CT molecular complexity index is 1460. The van der Waals surface area contributed by atoms with Crippen LogP contribution < -0.4 is 0 Å². The number of halogens is 2. The van der Waals surface area contributed by atoms with Crippen LogP contribution in [0.3, 0.4) is 0 Å². The Balaban J connectivity index is 0.000000521. The van der Waals surface area contributed by atoms with Gasteiger partial charge in [0.05, 0.1) is 0 Å². The van der Waals surface area contributed by atoms with Crippen molar-refractivity contribution in [3.05, 3.63) is 145 Å². The fraction of sp³-hybridized carbons (Fsp3) is 0.395. The third kappa shape index (κ3) is 6.86. The Morgan fingerprint density at radius 1 is 0.870 bits per heavy atom. The van der Waals surface area contributed by atoms with Crippen LogP contribution in [0.2, 0.25) is 0 Å². The van der Waals surface area contributed by atoms with E-state index < -0.39 is 0 Å². The molecule has 0 heterocycles. The molecule has 1 fully saturated rings. The summed E-state index contributed by atoms with van der Waals surface area (Å²) < 4.78 is 3.34. The summed E-state index contributed by atoms with van der Waals surface area (Å²) in [6, 6.07) is 19.0. The van der Waals surface area contributed by atoms with Crippen molar-refractivity contribution in [3.63, 3.8) is 0 Å². The third-order valence-corrected chi connectivity index (χ3v) is 12.2. The van der Waals surface area contributed by atoms with Crippen LogP contribution in [0.15, 0.2) is 102 Å². The quantitative estimate of drug-likeness (QED) is 0.236. The first-order chi connectivity index (χ1) is 20.4. The van der Waals surface area contributed by atoms with Crippen LogP contribution in [-0.4, -0.2) is 4.21 Å². The van der Waals surface area contributed by atoms with Crippen molar-refractivity contribution in [3.8, 4) is 0 Å². The first-order valence-electron chi connectivity index (χ1n) is 15.9. The molecule has 0 spiro atoms. The van der Waals surface area contributed by atoms with Crippen LogP contribution in [0.1, 0.15) is 91.3 Å². The van der Waals surface area contributed by atoms with E-state index in [2.05, 4.69) is 115 Å². The van der Waals surface area contributed by atoms with Gasteiger partial charge in [0.2, 0.25) is 0 Å².